The van der Waals surface area contributed by atoms with Gasteiger partial charge in [-0.1, -0.05) is 0 Å². The van der Waals surface area contributed by atoms with E-state index in [-0.39, 0.29) is 0 Å². The van der Waals surface area contributed by atoms with Gasteiger partial charge in [0.25, 0.3) is 0 Å². The number of aliphatic imine (C=N–C) groups is 1. The van der Waals surface area contributed by atoms with Crippen LogP contribution >= 0.6 is 11.6 Å². The van der Waals surface area contributed by atoms with E-state index in [0.29, 0.717) is 6.04 Å². The molecule has 9 heavy (non-hydrogen) atoms. The topological polar surface area (TPSA) is 12.4 Å². The van der Waals surface area contributed by atoms with Crippen molar-refractivity contribution in [3.05, 3.63) is 0 Å². The van der Waals surface area contributed by atoms with Crippen LogP contribution in [0, 0.1) is 0 Å². The maximum atomic E-state index is 5.53. The average molecular weight is 146 g/mol. The van der Waals surface area contributed by atoms with Crippen LogP contribution in [0.2, 0.25) is 0 Å². The second-order valence-corrected chi connectivity index (χ2v) is 2.77. The van der Waals surface area contributed by atoms with Crippen LogP contribution in [0.5, 0.6) is 0 Å². The summed E-state index contributed by atoms with van der Waals surface area (Å²) in [6.45, 7) is 0. The molecule has 0 aromatic rings. The van der Waals surface area contributed by atoms with Crippen LogP contribution in [0.1, 0.15) is 25.7 Å². The molecule has 2 heteroatoms. The largest absolute Gasteiger partial charge is 0.294 e. The van der Waals surface area contributed by atoms with Crippen molar-refractivity contribution in [2.75, 3.05) is 5.88 Å². The minimum absolute atomic E-state index is 0.601. The zero-order chi connectivity index (χ0) is 6.53. The molecule has 0 aromatic carbocycles. The third kappa shape index (κ3) is 2.35. The Labute approximate surface area is 61.1 Å². The van der Waals surface area contributed by atoms with Gasteiger partial charge >= 0.3 is 0 Å². The van der Waals surface area contributed by atoms with Gasteiger partial charge in [-0.15, -0.1) is 11.6 Å². The second kappa shape index (κ2) is 3.89. The maximum Gasteiger partial charge on any atom is 0.0499 e. The SMILES string of the molecule is ClCCCC1CCC=N1. The van der Waals surface area contributed by atoms with Crippen molar-refractivity contribution in [1.29, 1.82) is 0 Å². The van der Waals surface area contributed by atoms with Gasteiger partial charge in [-0.25, -0.2) is 0 Å². The van der Waals surface area contributed by atoms with Crippen LogP contribution in [0.3, 0.4) is 0 Å². The lowest BCUT2D eigenvalue weighted by atomic mass is 10.1. The first kappa shape index (κ1) is 7.07. The fraction of sp³-hybridized carbons (Fsp3) is 0.857. The van der Waals surface area contributed by atoms with E-state index in [1.807, 2.05) is 6.21 Å². The van der Waals surface area contributed by atoms with Crippen molar-refractivity contribution in [2.24, 2.45) is 4.99 Å². The molecule has 1 nitrogen and oxygen atoms in total. The third-order valence-electron chi connectivity index (χ3n) is 1.62. The molecule has 0 saturated carbocycles. The van der Waals surface area contributed by atoms with E-state index in [0.717, 1.165) is 12.3 Å². The standard InChI is InChI=1S/C7H12ClN/c8-5-1-3-7-4-2-6-9-7/h6-7H,1-5H2. The maximum absolute atomic E-state index is 5.53. The smallest absolute Gasteiger partial charge is 0.0499 e. The number of nitrogens with zero attached hydrogens (tertiary/aromatic N) is 1. The fourth-order valence-electron chi connectivity index (χ4n) is 1.10. The van der Waals surface area contributed by atoms with E-state index in [1.54, 1.807) is 0 Å². The molecule has 0 fully saturated rings. The van der Waals surface area contributed by atoms with Gasteiger partial charge in [0, 0.05) is 11.9 Å². The van der Waals surface area contributed by atoms with Crippen LogP contribution in [0.15, 0.2) is 4.99 Å². The minimum atomic E-state index is 0.601. The van der Waals surface area contributed by atoms with Crippen molar-refractivity contribution >= 4 is 17.8 Å². The summed E-state index contributed by atoms with van der Waals surface area (Å²) in [7, 11) is 0. The molecule has 0 radical (unpaired) electrons. The number of alkyl halides is 1. The highest BCUT2D eigenvalue weighted by molar-refractivity contribution is 6.17. The Morgan fingerprint density at radius 2 is 2.56 bits per heavy atom. The highest BCUT2D eigenvalue weighted by atomic mass is 35.5. The number of hydrogen-bond donors (Lipinski definition) is 0. The zero-order valence-electron chi connectivity index (χ0n) is 5.52. The second-order valence-electron chi connectivity index (χ2n) is 2.39. The lowest BCUT2D eigenvalue weighted by Gasteiger charge is -2.02. The van der Waals surface area contributed by atoms with Crippen molar-refractivity contribution in [1.82, 2.24) is 0 Å². The molecule has 0 amide bonds. The van der Waals surface area contributed by atoms with Crippen molar-refractivity contribution in [3.8, 4) is 0 Å². The number of halogens is 1. The van der Waals surface area contributed by atoms with Crippen LogP contribution in [0.25, 0.3) is 0 Å². The molecule has 0 saturated heterocycles. The molecule has 0 aliphatic carbocycles. The highest BCUT2D eigenvalue weighted by Crippen LogP contribution is 2.13. The lowest BCUT2D eigenvalue weighted by Crippen LogP contribution is -1.98. The quantitative estimate of drug-likeness (QED) is 0.541. The Bertz CT molecular complexity index is 101. The molecule has 1 aliphatic rings. The van der Waals surface area contributed by atoms with Gasteiger partial charge in [0.05, 0.1) is 0 Å². The monoisotopic (exact) mass is 145 g/mol. The fourth-order valence-corrected chi connectivity index (χ4v) is 1.25. The van der Waals surface area contributed by atoms with Crippen LogP contribution < -0.4 is 0 Å². The van der Waals surface area contributed by atoms with E-state index in [1.165, 1.54) is 19.3 Å². The predicted molar refractivity (Wildman–Crippen MR) is 41.5 cm³/mol. The summed E-state index contributed by atoms with van der Waals surface area (Å²) in [6.07, 6.45) is 6.74. The van der Waals surface area contributed by atoms with Gasteiger partial charge < -0.3 is 0 Å². The molecular weight excluding hydrogens is 134 g/mol. The molecule has 0 spiro atoms. The Morgan fingerprint density at radius 3 is 3.11 bits per heavy atom. The lowest BCUT2D eigenvalue weighted by molar-refractivity contribution is 0.606. The normalized spacial score (nSPS) is 25.2. The zero-order valence-corrected chi connectivity index (χ0v) is 6.27. The molecule has 1 atom stereocenters. The van der Waals surface area contributed by atoms with Crippen molar-refractivity contribution in [3.63, 3.8) is 0 Å². The molecule has 0 bridgehead atoms. The Kier molecular flexibility index (Phi) is 3.05. The third-order valence-corrected chi connectivity index (χ3v) is 1.88. The first-order chi connectivity index (χ1) is 4.43. The average Bonchev–Trinajstić information content (AvgIpc) is 2.34. The molecule has 0 aromatic heterocycles. The summed E-state index contributed by atoms with van der Waals surface area (Å²) in [4.78, 5) is 4.29. The molecule has 1 aliphatic heterocycles. The highest BCUT2D eigenvalue weighted by Gasteiger charge is 2.08. The predicted octanol–water partition coefficient (Wildman–Crippen LogP) is 2.24. The van der Waals surface area contributed by atoms with Gasteiger partial charge in [0.15, 0.2) is 0 Å². The summed E-state index contributed by atoms with van der Waals surface area (Å²) in [5.74, 6) is 0.784. The summed E-state index contributed by atoms with van der Waals surface area (Å²) in [6, 6.07) is 0.601. The Balaban J connectivity index is 2.05. The van der Waals surface area contributed by atoms with Crippen LogP contribution in [-0.2, 0) is 0 Å². The summed E-state index contributed by atoms with van der Waals surface area (Å²) in [5.41, 5.74) is 0. The Hall–Kier alpha value is -0.0400. The number of hydrogen-bond acceptors (Lipinski definition) is 1. The van der Waals surface area contributed by atoms with E-state index < -0.39 is 0 Å². The van der Waals surface area contributed by atoms with E-state index in [9.17, 15) is 0 Å². The van der Waals surface area contributed by atoms with E-state index in [2.05, 4.69) is 4.99 Å². The van der Waals surface area contributed by atoms with Gasteiger partial charge in [-0.3, -0.25) is 4.99 Å². The van der Waals surface area contributed by atoms with E-state index in [4.69, 9.17) is 11.6 Å². The molecule has 0 N–H and O–H groups in total. The summed E-state index contributed by atoms with van der Waals surface area (Å²) >= 11 is 5.53. The molecule has 1 unspecified atom stereocenters. The van der Waals surface area contributed by atoms with Crippen molar-refractivity contribution in [2.45, 2.75) is 31.7 Å². The molecule has 1 heterocycles. The van der Waals surface area contributed by atoms with Gasteiger partial charge in [0.2, 0.25) is 0 Å². The molecule has 1 rings (SSSR count). The first-order valence-electron chi connectivity index (χ1n) is 3.51. The van der Waals surface area contributed by atoms with Gasteiger partial charge in [-0.05, 0) is 31.9 Å². The number of rotatable bonds is 3. The van der Waals surface area contributed by atoms with Crippen LogP contribution in [-0.4, -0.2) is 18.1 Å². The van der Waals surface area contributed by atoms with E-state index >= 15 is 0 Å². The van der Waals surface area contributed by atoms with Crippen molar-refractivity contribution < 1.29 is 0 Å². The van der Waals surface area contributed by atoms with Crippen LogP contribution in [0.4, 0.5) is 0 Å². The Morgan fingerprint density at radius 1 is 1.67 bits per heavy atom. The first-order valence-corrected chi connectivity index (χ1v) is 4.04. The van der Waals surface area contributed by atoms with Gasteiger partial charge in [-0.2, -0.15) is 0 Å². The minimum Gasteiger partial charge on any atom is -0.294 e. The summed E-state index contributed by atoms with van der Waals surface area (Å²) < 4.78 is 0. The van der Waals surface area contributed by atoms with Gasteiger partial charge in [0.1, 0.15) is 0 Å². The molecule has 52 valence electrons. The summed E-state index contributed by atoms with van der Waals surface area (Å²) in [5, 5.41) is 0. The molecular formula is C7H12ClN.